The van der Waals surface area contributed by atoms with Crippen LogP contribution in [-0.4, -0.2) is 69.6 Å². The number of carbonyl (C=O) groups excluding carboxylic acids is 1. The highest BCUT2D eigenvalue weighted by molar-refractivity contribution is 6.74. The third-order valence-corrected chi connectivity index (χ3v) is 25.8. The number of Topliss-reactive ketones (excluding diaryl/α,β-unsaturated/α-hetero) is 1. The first kappa shape index (κ1) is 67.0. The van der Waals surface area contributed by atoms with Gasteiger partial charge in [-0.2, -0.15) is 0 Å². The number of hydrogen-bond acceptors (Lipinski definition) is 15. The third-order valence-electron chi connectivity index (χ3n) is 21.3. The van der Waals surface area contributed by atoms with Crippen LogP contribution < -0.4 is 31.1 Å². The predicted molar refractivity (Wildman–Crippen MR) is 347 cm³/mol. The minimum absolute atomic E-state index is 0. The zero-order valence-corrected chi connectivity index (χ0v) is 54.5. The molecule has 0 saturated heterocycles. The Morgan fingerprint density at radius 1 is 0.494 bits per heavy atom. The van der Waals surface area contributed by atoms with Gasteiger partial charge in [0.2, 0.25) is 0 Å². The van der Waals surface area contributed by atoms with Crippen LogP contribution in [0.5, 0.6) is 17.2 Å². The van der Waals surface area contributed by atoms with E-state index >= 15 is 0 Å². The molecule has 3 saturated carbocycles. The molecule has 89 heavy (non-hydrogen) atoms. The molecule has 0 unspecified atom stereocenters. The molecular weight excluding hydrogens is 1140 g/mol. The van der Waals surface area contributed by atoms with E-state index in [1.165, 1.54) is 0 Å². The van der Waals surface area contributed by atoms with E-state index in [-0.39, 0.29) is 64.7 Å². The lowest BCUT2D eigenvalue weighted by Gasteiger charge is -2.54. The molecule has 12 rings (SSSR count). The molecule has 3 aromatic carbocycles. The highest BCUT2D eigenvalue weighted by Gasteiger charge is 2.60. The maximum atomic E-state index is 13.8. The van der Waals surface area contributed by atoms with Crippen LogP contribution in [0.15, 0.2) is 137 Å². The lowest BCUT2D eigenvalue weighted by Crippen LogP contribution is -2.64. The van der Waals surface area contributed by atoms with Crippen LogP contribution in [0.1, 0.15) is 163 Å². The highest BCUT2D eigenvalue weighted by atomic mass is 28.4. The van der Waals surface area contributed by atoms with Crippen LogP contribution in [0, 0.1) is 53.3 Å². The molecule has 3 aliphatic heterocycles. The number of ether oxygens (including phenoxy) is 3. The summed E-state index contributed by atoms with van der Waals surface area (Å²) in [5.74, 6) is 2.80. The predicted octanol–water partition coefficient (Wildman–Crippen LogP) is 14.4. The molecule has 0 radical (unpaired) electrons. The zero-order valence-electron chi connectivity index (χ0n) is 53.5. The summed E-state index contributed by atoms with van der Waals surface area (Å²) < 4.78 is 42.6. The van der Waals surface area contributed by atoms with E-state index in [0.717, 1.165) is 23.1 Å². The maximum Gasteiger partial charge on any atom is 0.351 e. The third kappa shape index (κ3) is 12.6. The summed E-state index contributed by atoms with van der Waals surface area (Å²) >= 11 is 0. The van der Waals surface area contributed by atoms with Crippen molar-refractivity contribution in [3.05, 3.63) is 157 Å². The Balaban J connectivity index is 0.000000159. The van der Waals surface area contributed by atoms with Gasteiger partial charge >= 0.3 is 16.9 Å². The van der Waals surface area contributed by atoms with Gasteiger partial charge in [-0.15, -0.1) is 0 Å². The Hall–Kier alpha value is -6.40. The molecule has 15 nitrogen and oxygen atoms in total. The van der Waals surface area contributed by atoms with Gasteiger partial charge in [-0.05, 0) is 113 Å². The number of aliphatic hydroxyl groups is 4. The number of hydrogen-bond donors (Lipinski definition) is 4. The van der Waals surface area contributed by atoms with E-state index in [2.05, 4.69) is 75.4 Å². The normalized spacial score (nSPS) is 30.1. The van der Waals surface area contributed by atoms with Crippen LogP contribution in [0.25, 0.3) is 34.0 Å². The summed E-state index contributed by atoms with van der Waals surface area (Å²) in [6, 6.07) is 33.0. The number of rotatable bonds is 8. The summed E-state index contributed by atoms with van der Waals surface area (Å²) in [5, 5.41) is 43.8. The Morgan fingerprint density at radius 3 is 1.21 bits per heavy atom. The molecule has 6 aromatic rings. The monoisotopic (exact) mass is 1240 g/mol. The van der Waals surface area contributed by atoms with Crippen molar-refractivity contribution in [3.8, 4) is 51.2 Å². The zero-order chi connectivity index (χ0) is 63.7. The number of fused-ring (bicyclic) bond motifs is 6. The number of aliphatic hydroxyl groups excluding tert-OH is 4. The second kappa shape index (κ2) is 25.4. The summed E-state index contributed by atoms with van der Waals surface area (Å²) in [4.78, 5) is 52.2. The lowest BCUT2D eigenvalue weighted by atomic mass is 9.63. The van der Waals surface area contributed by atoms with Crippen LogP contribution in [0.2, 0.25) is 18.1 Å². The molecule has 3 fully saturated rings. The molecule has 0 bridgehead atoms. The van der Waals surface area contributed by atoms with E-state index in [1.807, 2.05) is 112 Å². The first-order valence-electron chi connectivity index (χ1n) is 31.6. The minimum Gasteiger partial charge on any atom is -0.484 e. The Kier molecular flexibility index (Phi) is 19.1. The summed E-state index contributed by atoms with van der Waals surface area (Å²) in [6.45, 7) is 29.7. The smallest absolute Gasteiger partial charge is 0.351 e. The van der Waals surface area contributed by atoms with Gasteiger partial charge in [0.15, 0.2) is 14.1 Å². The fourth-order valence-corrected chi connectivity index (χ4v) is 15.6. The summed E-state index contributed by atoms with van der Waals surface area (Å²) in [6.07, 6.45) is 0.488. The van der Waals surface area contributed by atoms with Crippen molar-refractivity contribution in [2.75, 3.05) is 0 Å². The molecule has 6 heterocycles. The molecule has 480 valence electrons. The van der Waals surface area contributed by atoms with E-state index in [9.17, 15) is 39.6 Å². The number of carbonyl (C=O) groups is 1. The number of ketones is 1. The van der Waals surface area contributed by atoms with Gasteiger partial charge in [-0.25, -0.2) is 14.4 Å². The van der Waals surface area contributed by atoms with Crippen molar-refractivity contribution in [3.63, 3.8) is 0 Å². The fraction of sp³-hybridized carbons (Fsp3) is 0.534. The van der Waals surface area contributed by atoms with Crippen molar-refractivity contribution in [2.45, 2.75) is 194 Å². The van der Waals surface area contributed by atoms with Gasteiger partial charge in [-0.1, -0.05) is 161 Å². The van der Waals surface area contributed by atoms with Crippen LogP contribution in [-0.2, 0) is 4.43 Å². The first-order chi connectivity index (χ1) is 41.4. The topological polar surface area (TPSA) is 226 Å². The second-order valence-electron chi connectivity index (χ2n) is 28.8. The van der Waals surface area contributed by atoms with E-state index in [1.54, 1.807) is 18.2 Å². The second-order valence-corrected chi connectivity index (χ2v) is 33.5. The average molecular weight is 1240 g/mol. The van der Waals surface area contributed by atoms with Crippen LogP contribution in [0.3, 0.4) is 0 Å². The molecular formula is C73H94O15Si. The summed E-state index contributed by atoms with van der Waals surface area (Å²) in [7, 11) is -2.14. The van der Waals surface area contributed by atoms with E-state index < -0.39 is 72.3 Å². The van der Waals surface area contributed by atoms with Gasteiger partial charge in [0, 0.05) is 46.7 Å². The Morgan fingerprint density at radius 2 is 0.843 bits per heavy atom. The van der Waals surface area contributed by atoms with Gasteiger partial charge < -0.3 is 52.3 Å². The fourth-order valence-electron chi connectivity index (χ4n) is 14.2. The van der Waals surface area contributed by atoms with Gasteiger partial charge in [-0.3, -0.25) is 4.79 Å². The van der Waals surface area contributed by atoms with Crippen molar-refractivity contribution < 1.29 is 57.1 Å². The molecule has 6 aliphatic rings. The highest BCUT2D eigenvalue weighted by Crippen LogP contribution is 2.55. The largest absolute Gasteiger partial charge is 0.484 e. The maximum absolute atomic E-state index is 13.8. The van der Waals surface area contributed by atoms with Gasteiger partial charge in [0.1, 0.15) is 68.0 Å². The lowest BCUT2D eigenvalue weighted by molar-refractivity contribution is -0.168. The Bertz CT molecular complexity index is 3510. The average Bonchev–Trinajstić information content (AvgIpc) is 0.834. The van der Waals surface area contributed by atoms with Gasteiger partial charge in [0.05, 0.1) is 36.4 Å². The quantitative estimate of drug-likeness (QED) is 0.104. The van der Waals surface area contributed by atoms with Crippen LogP contribution in [0.4, 0.5) is 0 Å². The summed E-state index contributed by atoms with van der Waals surface area (Å²) in [5.41, 5.74) is -1.85. The molecule has 0 amide bonds. The van der Waals surface area contributed by atoms with Crippen molar-refractivity contribution in [1.82, 2.24) is 0 Å². The van der Waals surface area contributed by atoms with Crippen LogP contribution >= 0.6 is 0 Å². The molecule has 0 spiro atoms. The Labute approximate surface area is 524 Å². The minimum atomic E-state index is -2.14. The molecule has 3 aliphatic carbocycles. The van der Waals surface area contributed by atoms with E-state index in [0.29, 0.717) is 90.3 Å². The number of benzene rings is 3. The van der Waals surface area contributed by atoms with Gasteiger partial charge in [0.25, 0.3) is 0 Å². The van der Waals surface area contributed by atoms with E-state index in [4.69, 9.17) is 31.9 Å². The molecule has 4 N–H and O–H groups in total. The first-order valence-corrected chi connectivity index (χ1v) is 34.5. The van der Waals surface area contributed by atoms with Crippen molar-refractivity contribution in [1.29, 1.82) is 0 Å². The molecule has 3 aromatic heterocycles. The SMILES string of the molecule is C.CC(C)[C@@H]1C[C@H](O)[C@@]2(C)Oc3cc(-c4ccccc4)oc(=O)c3[C@@H](O)[C@@H]2C1.CC(C)[C@@H]1C[C@H](O)[C@@]2(C)Oc3cc(-c4ccccc4)oc(=O)c3[C@H](O)[C@@H]2C1.CC(C)[C@@H]1C[C@H](O[Si](C)(C)C(C)(C)C)[C@@]2(C)Oc3cc(-c4ccccc4)oc(=O)c3C(=O)[C@@H]2C1. The molecule has 16 heteroatoms. The van der Waals surface area contributed by atoms with Crippen molar-refractivity contribution >= 4 is 14.1 Å². The molecule has 14 atom stereocenters. The van der Waals surface area contributed by atoms with Crippen molar-refractivity contribution in [2.24, 2.45) is 53.3 Å². The standard InChI is InChI=1S/C28H38O5Si.2C22H26O5.CH4/c1-17(2)19-14-20-25(29)24-22(16-21(31-26(24)30)18-12-10-9-11-13-18)32-28(20,6)23(15-19)33-34(7,8)27(3,4)5;2*1-12(2)14-9-15-20(24)19-17(27-22(15,3)18(23)10-14)11-16(26-21(19)25)13-7-5-4-6-8-13;/h9-13,16-17,19-20,23H,14-15H2,1-8H3;2*4-8,11-12,14-15,18,20,23-24H,9-10H2,1-3H3;1H4/t19-,20-,23-,28-;14-,15-,18-,20+,22-;14-,15-,18-,20-,22-;/m000./s1.